The molecule has 2 aromatic rings. The van der Waals surface area contributed by atoms with Crippen LogP contribution in [-0.4, -0.2) is 37.8 Å². The van der Waals surface area contributed by atoms with Gasteiger partial charge < -0.3 is 15.4 Å². The minimum atomic E-state index is -3.73. The average Bonchev–Trinajstić information content (AvgIpc) is 2.69. The van der Waals surface area contributed by atoms with Crippen molar-refractivity contribution >= 4 is 44.8 Å². The Morgan fingerprint density at radius 1 is 1.24 bits per heavy atom. The largest absolute Gasteiger partial charge is 0.494 e. The number of amides is 2. The molecule has 7 nitrogen and oxygen atoms in total. The minimum absolute atomic E-state index is 0.0837. The first kappa shape index (κ1) is 21.2. The van der Waals surface area contributed by atoms with Gasteiger partial charge in [0.15, 0.2) is 9.84 Å². The third-order valence-electron chi connectivity index (χ3n) is 4.36. The van der Waals surface area contributed by atoms with Gasteiger partial charge in [-0.05, 0) is 56.3 Å². The lowest BCUT2D eigenvalue weighted by molar-refractivity contribution is -0.116. The number of hydrogen-bond acceptors (Lipinski definition) is 6. The zero-order valence-corrected chi connectivity index (χ0v) is 17.7. The summed E-state index contributed by atoms with van der Waals surface area (Å²) >= 11 is 1.36. The molecule has 29 heavy (non-hydrogen) atoms. The molecule has 0 radical (unpaired) electrons. The van der Waals surface area contributed by atoms with Crippen LogP contribution < -0.4 is 15.4 Å². The Kier molecular flexibility index (Phi) is 6.49. The number of rotatable bonds is 7. The fourth-order valence-corrected chi connectivity index (χ4v) is 5.02. The fourth-order valence-electron chi connectivity index (χ4n) is 2.86. The molecule has 154 valence electrons. The van der Waals surface area contributed by atoms with Crippen LogP contribution in [0.5, 0.6) is 5.75 Å². The molecule has 2 aromatic carbocycles. The Bertz CT molecular complexity index is 1020. The molecule has 0 aliphatic carbocycles. The minimum Gasteiger partial charge on any atom is -0.494 e. The Balaban J connectivity index is 1.67. The number of fused-ring (bicyclic) bond motifs is 1. The molecule has 0 saturated carbocycles. The van der Waals surface area contributed by atoms with Crippen molar-refractivity contribution < 1.29 is 22.7 Å². The summed E-state index contributed by atoms with van der Waals surface area (Å²) in [5.74, 6) is 0.437. The first-order valence-corrected chi connectivity index (χ1v) is 11.7. The number of anilines is 2. The van der Waals surface area contributed by atoms with E-state index >= 15 is 0 Å². The SMILES string of the molecule is CCOc1ccc(NC(=O)C[C@@H](C)S(=O)(=O)c2ccc3c(c2)NC(=O)CS3)cc1. The summed E-state index contributed by atoms with van der Waals surface area (Å²) in [4.78, 5) is 24.8. The summed E-state index contributed by atoms with van der Waals surface area (Å²) in [5.41, 5.74) is 1.05. The van der Waals surface area contributed by atoms with Crippen molar-refractivity contribution in [2.75, 3.05) is 23.0 Å². The highest BCUT2D eigenvalue weighted by Crippen LogP contribution is 2.34. The Labute approximate surface area is 174 Å². The Morgan fingerprint density at radius 3 is 2.66 bits per heavy atom. The predicted molar refractivity (Wildman–Crippen MR) is 113 cm³/mol. The van der Waals surface area contributed by atoms with Crippen LogP contribution in [0.1, 0.15) is 20.3 Å². The van der Waals surface area contributed by atoms with Gasteiger partial charge in [0.1, 0.15) is 5.75 Å². The highest BCUT2D eigenvalue weighted by Gasteiger charge is 2.27. The molecule has 0 saturated heterocycles. The van der Waals surface area contributed by atoms with Crippen molar-refractivity contribution in [3.05, 3.63) is 42.5 Å². The number of thioether (sulfide) groups is 1. The molecule has 1 aliphatic heterocycles. The molecule has 1 aliphatic rings. The number of carbonyl (C=O) groups is 2. The van der Waals surface area contributed by atoms with Gasteiger partial charge in [-0.25, -0.2) is 8.42 Å². The van der Waals surface area contributed by atoms with E-state index in [0.29, 0.717) is 29.5 Å². The van der Waals surface area contributed by atoms with Crippen molar-refractivity contribution in [1.29, 1.82) is 0 Å². The molecule has 0 unspecified atom stereocenters. The molecule has 1 atom stereocenters. The van der Waals surface area contributed by atoms with Crippen LogP contribution in [-0.2, 0) is 19.4 Å². The zero-order chi connectivity index (χ0) is 21.0. The molecule has 3 rings (SSSR count). The topological polar surface area (TPSA) is 102 Å². The molecule has 0 fully saturated rings. The van der Waals surface area contributed by atoms with Crippen molar-refractivity contribution in [2.24, 2.45) is 0 Å². The van der Waals surface area contributed by atoms with Gasteiger partial charge in [-0.15, -0.1) is 11.8 Å². The molecular formula is C20H22N2O5S2. The van der Waals surface area contributed by atoms with Gasteiger partial charge >= 0.3 is 0 Å². The summed E-state index contributed by atoms with van der Waals surface area (Å²) < 4.78 is 31.1. The van der Waals surface area contributed by atoms with Gasteiger partial charge in [0.25, 0.3) is 0 Å². The lowest BCUT2D eigenvalue weighted by Gasteiger charge is -2.18. The molecule has 1 heterocycles. The highest BCUT2D eigenvalue weighted by molar-refractivity contribution is 8.00. The van der Waals surface area contributed by atoms with E-state index < -0.39 is 21.0 Å². The maximum atomic E-state index is 12.9. The van der Waals surface area contributed by atoms with E-state index in [1.54, 1.807) is 30.3 Å². The first-order valence-electron chi connectivity index (χ1n) is 9.13. The van der Waals surface area contributed by atoms with E-state index in [1.807, 2.05) is 6.92 Å². The van der Waals surface area contributed by atoms with E-state index in [2.05, 4.69) is 10.6 Å². The Morgan fingerprint density at radius 2 is 1.97 bits per heavy atom. The van der Waals surface area contributed by atoms with Crippen LogP contribution in [0.25, 0.3) is 0 Å². The van der Waals surface area contributed by atoms with Crippen molar-refractivity contribution in [2.45, 2.75) is 35.3 Å². The van der Waals surface area contributed by atoms with E-state index in [4.69, 9.17) is 4.74 Å². The normalized spacial score (nSPS) is 14.5. The lowest BCUT2D eigenvalue weighted by Crippen LogP contribution is -2.25. The standard InChI is InChI=1S/C20H22N2O5S2/c1-3-27-15-6-4-14(5-7-15)21-19(23)10-13(2)29(25,26)16-8-9-18-17(11-16)22-20(24)12-28-18/h4-9,11,13H,3,10,12H2,1-2H3,(H,21,23)(H,22,24)/t13-/m1/s1. The van der Waals surface area contributed by atoms with Crippen LogP contribution in [0.3, 0.4) is 0 Å². The number of carbonyl (C=O) groups excluding carboxylic acids is 2. The van der Waals surface area contributed by atoms with E-state index in [9.17, 15) is 18.0 Å². The van der Waals surface area contributed by atoms with E-state index in [-0.39, 0.29) is 17.2 Å². The maximum Gasteiger partial charge on any atom is 0.234 e. The average molecular weight is 435 g/mol. The van der Waals surface area contributed by atoms with Crippen LogP contribution in [0.4, 0.5) is 11.4 Å². The predicted octanol–water partition coefficient (Wildman–Crippen LogP) is 3.32. The molecule has 0 aromatic heterocycles. The van der Waals surface area contributed by atoms with E-state index in [0.717, 1.165) is 4.90 Å². The second kappa shape index (κ2) is 8.87. The number of ether oxygens (including phenoxy) is 1. The highest BCUT2D eigenvalue weighted by atomic mass is 32.2. The molecule has 2 amide bonds. The number of nitrogens with one attached hydrogen (secondary N) is 2. The molecule has 9 heteroatoms. The van der Waals surface area contributed by atoms with Gasteiger partial charge in [-0.3, -0.25) is 9.59 Å². The fraction of sp³-hybridized carbons (Fsp3) is 0.300. The van der Waals surface area contributed by atoms with Gasteiger partial charge in [-0.2, -0.15) is 0 Å². The number of hydrogen-bond donors (Lipinski definition) is 2. The quantitative estimate of drug-likeness (QED) is 0.693. The summed E-state index contributed by atoms with van der Waals surface area (Å²) in [6.45, 7) is 3.93. The van der Waals surface area contributed by atoms with Gasteiger partial charge in [0.05, 0.1) is 28.2 Å². The van der Waals surface area contributed by atoms with Crippen LogP contribution in [0.2, 0.25) is 0 Å². The zero-order valence-electron chi connectivity index (χ0n) is 16.1. The lowest BCUT2D eigenvalue weighted by atomic mass is 10.2. The molecule has 2 N–H and O–H groups in total. The van der Waals surface area contributed by atoms with E-state index in [1.165, 1.54) is 30.8 Å². The summed E-state index contributed by atoms with van der Waals surface area (Å²) in [6, 6.07) is 11.5. The second-order valence-electron chi connectivity index (χ2n) is 6.56. The van der Waals surface area contributed by atoms with Crippen LogP contribution in [0.15, 0.2) is 52.3 Å². The van der Waals surface area contributed by atoms with Crippen molar-refractivity contribution in [3.8, 4) is 5.75 Å². The third-order valence-corrected chi connectivity index (χ3v) is 7.57. The molecule has 0 bridgehead atoms. The molecule has 0 spiro atoms. The van der Waals surface area contributed by atoms with Gasteiger partial charge in [0.2, 0.25) is 11.8 Å². The monoisotopic (exact) mass is 434 g/mol. The third kappa shape index (κ3) is 5.10. The van der Waals surface area contributed by atoms with Crippen molar-refractivity contribution in [3.63, 3.8) is 0 Å². The van der Waals surface area contributed by atoms with Gasteiger partial charge in [0, 0.05) is 17.0 Å². The maximum absolute atomic E-state index is 12.9. The van der Waals surface area contributed by atoms with Crippen molar-refractivity contribution in [1.82, 2.24) is 0 Å². The van der Waals surface area contributed by atoms with Gasteiger partial charge in [-0.1, -0.05) is 0 Å². The number of benzene rings is 2. The first-order chi connectivity index (χ1) is 13.8. The molecular weight excluding hydrogens is 412 g/mol. The summed E-state index contributed by atoms with van der Waals surface area (Å²) in [5, 5.41) is 4.47. The Hall–Kier alpha value is -2.52. The second-order valence-corrected chi connectivity index (χ2v) is 9.94. The smallest absolute Gasteiger partial charge is 0.234 e. The summed E-state index contributed by atoms with van der Waals surface area (Å²) in [7, 11) is -3.73. The number of sulfone groups is 1. The summed E-state index contributed by atoms with van der Waals surface area (Å²) in [6.07, 6.45) is -0.187. The van der Waals surface area contributed by atoms with Crippen LogP contribution in [0, 0.1) is 0 Å². The van der Waals surface area contributed by atoms with Crippen LogP contribution >= 0.6 is 11.8 Å².